The summed E-state index contributed by atoms with van der Waals surface area (Å²) in [4.78, 5) is 12.9. The summed E-state index contributed by atoms with van der Waals surface area (Å²) >= 11 is 0. The summed E-state index contributed by atoms with van der Waals surface area (Å²) in [6, 6.07) is 3.82. The van der Waals surface area contributed by atoms with E-state index in [1.165, 1.54) is 19.3 Å². The molecule has 1 unspecified atom stereocenters. The van der Waals surface area contributed by atoms with Crippen LogP contribution in [0, 0.1) is 26.7 Å². The van der Waals surface area contributed by atoms with Crippen molar-refractivity contribution in [1.82, 2.24) is 15.0 Å². The third kappa shape index (κ3) is 4.13. The Bertz CT molecular complexity index is 747. The van der Waals surface area contributed by atoms with E-state index in [9.17, 15) is 4.79 Å². The number of aryl methyl sites for hydroxylation is 2. The summed E-state index contributed by atoms with van der Waals surface area (Å²) in [5.41, 5.74) is 8.45. The molecule has 7 heteroatoms. The fourth-order valence-corrected chi connectivity index (χ4v) is 3.96. The minimum atomic E-state index is -0.0550. The number of nitrogens with two attached hydrogens (primary N) is 1. The van der Waals surface area contributed by atoms with E-state index in [0.29, 0.717) is 23.8 Å². The lowest BCUT2D eigenvalue weighted by molar-refractivity contribution is 0.0915. The van der Waals surface area contributed by atoms with E-state index in [0.717, 1.165) is 30.0 Å². The number of hydrogen-bond acceptors (Lipinski definition) is 4. The van der Waals surface area contributed by atoms with Gasteiger partial charge < -0.3 is 15.6 Å². The van der Waals surface area contributed by atoms with E-state index in [1.54, 1.807) is 0 Å². The minimum absolute atomic E-state index is 0. The van der Waals surface area contributed by atoms with Gasteiger partial charge in [-0.2, -0.15) is 0 Å². The van der Waals surface area contributed by atoms with Crippen LogP contribution in [0.15, 0.2) is 16.7 Å². The zero-order chi connectivity index (χ0) is 18.0. The molecule has 1 amide bonds. The van der Waals surface area contributed by atoms with Crippen molar-refractivity contribution in [3.05, 3.63) is 34.8 Å². The van der Waals surface area contributed by atoms with Crippen LogP contribution < -0.4 is 11.1 Å². The number of hydrogen-bond donors (Lipinski definition) is 2. The van der Waals surface area contributed by atoms with Crippen LogP contribution in [0.3, 0.4) is 0 Å². The van der Waals surface area contributed by atoms with Gasteiger partial charge in [0.15, 0.2) is 5.82 Å². The highest BCUT2D eigenvalue weighted by Gasteiger charge is 2.26. The Kier molecular flexibility index (Phi) is 6.89. The van der Waals surface area contributed by atoms with Crippen molar-refractivity contribution in [1.29, 1.82) is 0 Å². The quantitative estimate of drug-likeness (QED) is 0.831. The Balaban J connectivity index is 0.00000243. The molecule has 0 aromatic carbocycles. The maximum atomic E-state index is 12.9. The summed E-state index contributed by atoms with van der Waals surface area (Å²) in [5.74, 6) is 1.88. The first-order chi connectivity index (χ1) is 12.0. The predicted molar refractivity (Wildman–Crippen MR) is 104 cm³/mol. The lowest BCUT2D eigenvalue weighted by atomic mass is 9.84. The predicted octanol–water partition coefficient (Wildman–Crippen LogP) is 3.45. The Morgan fingerprint density at radius 1 is 1.31 bits per heavy atom. The molecule has 1 saturated carbocycles. The zero-order valence-corrected chi connectivity index (χ0v) is 16.6. The standard InChI is InChI=1S/C19H28N4O2.ClH/c1-12-9-16(14(3)23(12)18-10-13(2)25-22-18)19(24)21-17(11-20)15-7-5-4-6-8-15;/h9-10,15,17H,4-8,11,20H2,1-3H3,(H,21,24);1H. The third-order valence-electron chi connectivity index (χ3n) is 5.31. The fourth-order valence-electron chi connectivity index (χ4n) is 3.96. The molecule has 3 N–H and O–H groups in total. The van der Waals surface area contributed by atoms with Crippen LogP contribution in [0.25, 0.3) is 5.82 Å². The van der Waals surface area contributed by atoms with E-state index < -0.39 is 0 Å². The summed E-state index contributed by atoms with van der Waals surface area (Å²) in [7, 11) is 0. The maximum Gasteiger partial charge on any atom is 0.253 e. The van der Waals surface area contributed by atoms with Crippen LogP contribution in [-0.2, 0) is 0 Å². The van der Waals surface area contributed by atoms with Crippen LogP contribution in [-0.4, -0.2) is 28.2 Å². The summed E-state index contributed by atoms with van der Waals surface area (Å²) < 4.78 is 7.12. The molecule has 1 aliphatic carbocycles. The van der Waals surface area contributed by atoms with Crippen molar-refractivity contribution in [2.45, 2.75) is 58.9 Å². The number of rotatable bonds is 5. The normalized spacial score (nSPS) is 16.2. The van der Waals surface area contributed by atoms with Gasteiger partial charge in [0.2, 0.25) is 0 Å². The molecule has 1 fully saturated rings. The molecule has 6 nitrogen and oxygen atoms in total. The Labute approximate surface area is 160 Å². The number of aromatic nitrogens is 2. The van der Waals surface area contributed by atoms with Crippen molar-refractivity contribution in [3.8, 4) is 5.82 Å². The maximum absolute atomic E-state index is 12.9. The number of carbonyl (C=O) groups is 1. The largest absolute Gasteiger partial charge is 0.360 e. The van der Waals surface area contributed by atoms with Gasteiger partial charge >= 0.3 is 0 Å². The number of amides is 1. The topological polar surface area (TPSA) is 86.1 Å². The molecule has 2 aromatic heterocycles. The molecule has 2 aromatic rings. The number of nitrogens with zero attached hydrogens (tertiary/aromatic N) is 2. The summed E-state index contributed by atoms with van der Waals surface area (Å²) in [6.45, 7) is 6.24. The Morgan fingerprint density at radius 2 is 2.00 bits per heavy atom. The van der Waals surface area contributed by atoms with Gasteiger partial charge in [0.05, 0.1) is 5.56 Å². The number of nitrogens with one attached hydrogen (secondary N) is 1. The van der Waals surface area contributed by atoms with Crippen LogP contribution >= 0.6 is 12.4 Å². The molecular formula is C19H29ClN4O2. The Hall–Kier alpha value is -1.79. The van der Waals surface area contributed by atoms with E-state index >= 15 is 0 Å². The van der Waals surface area contributed by atoms with Crippen molar-refractivity contribution in [3.63, 3.8) is 0 Å². The van der Waals surface area contributed by atoms with Crippen LogP contribution in [0.2, 0.25) is 0 Å². The van der Waals surface area contributed by atoms with Gasteiger partial charge in [-0.15, -0.1) is 12.4 Å². The summed E-state index contributed by atoms with van der Waals surface area (Å²) in [5, 5.41) is 7.24. The average molecular weight is 381 g/mol. The van der Waals surface area contributed by atoms with Crippen molar-refractivity contribution in [2.75, 3.05) is 6.54 Å². The molecule has 26 heavy (non-hydrogen) atoms. The third-order valence-corrected chi connectivity index (χ3v) is 5.31. The lowest BCUT2D eigenvalue weighted by Gasteiger charge is -2.30. The van der Waals surface area contributed by atoms with Crippen LogP contribution in [0.1, 0.15) is 59.6 Å². The van der Waals surface area contributed by atoms with Crippen LogP contribution in [0.4, 0.5) is 0 Å². The lowest BCUT2D eigenvalue weighted by Crippen LogP contribution is -2.46. The molecular weight excluding hydrogens is 352 g/mol. The molecule has 0 aliphatic heterocycles. The average Bonchev–Trinajstić information content (AvgIpc) is 3.16. The highest BCUT2D eigenvalue weighted by Crippen LogP contribution is 2.27. The minimum Gasteiger partial charge on any atom is -0.360 e. The number of halogens is 1. The molecule has 144 valence electrons. The second kappa shape index (κ2) is 8.73. The molecule has 0 spiro atoms. The zero-order valence-electron chi connectivity index (χ0n) is 15.7. The second-order valence-electron chi connectivity index (χ2n) is 7.13. The first-order valence-corrected chi connectivity index (χ1v) is 9.14. The van der Waals surface area contributed by atoms with Crippen molar-refractivity contribution < 1.29 is 9.32 Å². The van der Waals surface area contributed by atoms with Gasteiger partial charge in [-0.3, -0.25) is 9.36 Å². The van der Waals surface area contributed by atoms with Crippen molar-refractivity contribution in [2.24, 2.45) is 11.7 Å². The monoisotopic (exact) mass is 380 g/mol. The van der Waals surface area contributed by atoms with Gasteiger partial charge in [-0.1, -0.05) is 24.4 Å². The van der Waals surface area contributed by atoms with Gasteiger partial charge in [0.25, 0.3) is 5.91 Å². The molecule has 0 saturated heterocycles. The van der Waals surface area contributed by atoms with Crippen LogP contribution in [0.5, 0.6) is 0 Å². The molecule has 0 bridgehead atoms. The molecule has 1 aliphatic rings. The first-order valence-electron chi connectivity index (χ1n) is 9.14. The highest BCUT2D eigenvalue weighted by molar-refractivity contribution is 5.96. The van der Waals surface area contributed by atoms with Gasteiger partial charge in [0.1, 0.15) is 5.76 Å². The van der Waals surface area contributed by atoms with E-state index in [-0.39, 0.29) is 24.4 Å². The number of carbonyl (C=O) groups excluding carboxylic acids is 1. The smallest absolute Gasteiger partial charge is 0.253 e. The molecule has 3 rings (SSSR count). The van der Waals surface area contributed by atoms with Gasteiger partial charge in [-0.25, -0.2) is 0 Å². The Morgan fingerprint density at radius 3 is 2.58 bits per heavy atom. The van der Waals surface area contributed by atoms with Gasteiger partial charge in [0, 0.05) is 30.0 Å². The van der Waals surface area contributed by atoms with E-state index in [2.05, 4.69) is 10.5 Å². The fraction of sp³-hybridized carbons (Fsp3) is 0.579. The molecule has 0 radical (unpaired) electrons. The van der Waals surface area contributed by atoms with E-state index in [1.807, 2.05) is 37.5 Å². The molecule has 2 heterocycles. The molecule has 1 atom stereocenters. The summed E-state index contributed by atoms with van der Waals surface area (Å²) in [6.07, 6.45) is 6.06. The second-order valence-corrected chi connectivity index (χ2v) is 7.13. The van der Waals surface area contributed by atoms with E-state index in [4.69, 9.17) is 10.3 Å². The SMILES string of the molecule is Cc1cc(-n2c(C)cc(C(=O)NC(CN)C3CCCCC3)c2C)no1.Cl. The van der Waals surface area contributed by atoms with Gasteiger partial charge in [-0.05, 0) is 45.6 Å². The highest BCUT2D eigenvalue weighted by atomic mass is 35.5. The van der Waals surface area contributed by atoms with Crippen molar-refractivity contribution >= 4 is 18.3 Å². The first kappa shape index (κ1) is 20.5.